The average molecular weight is 343 g/mol. The predicted octanol–water partition coefficient (Wildman–Crippen LogP) is 3.79. The van der Waals surface area contributed by atoms with E-state index in [9.17, 15) is 9.18 Å². The Kier molecular flexibility index (Phi) is 5.05. The minimum absolute atomic E-state index is 0.0174. The van der Waals surface area contributed by atoms with E-state index in [0.29, 0.717) is 19.6 Å². The molecule has 3 rings (SSSR count). The Bertz CT molecular complexity index is 796. The van der Waals surface area contributed by atoms with Crippen LogP contribution >= 0.6 is 11.3 Å². The number of aromatic nitrogens is 2. The molecule has 0 radical (unpaired) electrons. The fourth-order valence-electron chi connectivity index (χ4n) is 2.48. The van der Waals surface area contributed by atoms with Crippen molar-refractivity contribution in [2.45, 2.75) is 20.0 Å². The van der Waals surface area contributed by atoms with Crippen molar-refractivity contribution in [3.8, 4) is 0 Å². The second-order valence-corrected chi connectivity index (χ2v) is 6.34. The first-order valence-electron chi connectivity index (χ1n) is 7.74. The molecule has 0 saturated heterocycles. The van der Waals surface area contributed by atoms with Crippen LogP contribution in [0.3, 0.4) is 0 Å². The zero-order valence-electron chi connectivity index (χ0n) is 13.4. The third-order valence-electron chi connectivity index (χ3n) is 3.80. The van der Waals surface area contributed by atoms with Crippen LogP contribution in [0.2, 0.25) is 0 Å². The van der Waals surface area contributed by atoms with Crippen LogP contribution in [-0.2, 0) is 13.1 Å². The first-order valence-corrected chi connectivity index (χ1v) is 8.62. The first-order chi connectivity index (χ1) is 11.7. The van der Waals surface area contributed by atoms with Gasteiger partial charge in [-0.3, -0.25) is 4.79 Å². The van der Waals surface area contributed by atoms with Crippen LogP contribution in [0.25, 0.3) is 0 Å². The molecule has 0 unspecified atom stereocenters. The van der Waals surface area contributed by atoms with Gasteiger partial charge in [0.25, 0.3) is 5.91 Å². The first kappa shape index (κ1) is 16.4. The largest absolute Gasteiger partial charge is 0.331 e. The average Bonchev–Trinajstić information content (AvgIpc) is 3.26. The van der Waals surface area contributed by atoms with Gasteiger partial charge in [0.1, 0.15) is 11.6 Å². The monoisotopic (exact) mass is 343 g/mol. The molecule has 1 aromatic carbocycles. The van der Waals surface area contributed by atoms with E-state index < -0.39 is 0 Å². The molecule has 0 atom stereocenters. The van der Waals surface area contributed by atoms with Gasteiger partial charge in [0.2, 0.25) is 0 Å². The van der Waals surface area contributed by atoms with E-state index in [1.165, 1.54) is 23.5 Å². The molecule has 0 saturated carbocycles. The fourth-order valence-corrected chi connectivity index (χ4v) is 3.17. The van der Waals surface area contributed by atoms with Gasteiger partial charge >= 0.3 is 0 Å². The Morgan fingerprint density at radius 3 is 2.75 bits per heavy atom. The summed E-state index contributed by atoms with van der Waals surface area (Å²) in [6.07, 6.45) is 3.60. The van der Waals surface area contributed by atoms with Crippen molar-refractivity contribution in [1.82, 2.24) is 14.5 Å². The van der Waals surface area contributed by atoms with E-state index >= 15 is 0 Å². The highest BCUT2D eigenvalue weighted by molar-refractivity contribution is 7.12. The normalized spacial score (nSPS) is 10.8. The molecule has 124 valence electrons. The summed E-state index contributed by atoms with van der Waals surface area (Å²) in [6, 6.07) is 10.1. The molecule has 6 heteroatoms. The number of hydrogen-bond donors (Lipinski definition) is 0. The van der Waals surface area contributed by atoms with Gasteiger partial charge < -0.3 is 9.47 Å². The third-order valence-corrected chi connectivity index (χ3v) is 4.66. The van der Waals surface area contributed by atoms with Gasteiger partial charge in [-0.15, -0.1) is 11.3 Å². The van der Waals surface area contributed by atoms with Crippen molar-refractivity contribution in [2.75, 3.05) is 6.54 Å². The molecule has 0 N–H and O–H groups in total. The highest BCUT2D eigenvalue weighted by Gasteiger charge is 2.17. The number of halogens is 1. The number of benzene rings is 1. The summed E-state index contributed by atoms with van der Waals surface area (Å²) in [7, 11) is 0. The van der Waals surface area contributed by atoms with Crippen molar-refractivity contribution < 1.29 is 9.18 Å². The van der Waals surface area contributed by atoms with Gasteiger partial charge in [-0.1, -0.05) is 18.2 Å². The van der Waals surface area contributed by atoms with Crippen molar-refractivity contribution in [2.24, 2.45) is 0 Å². The number of carbonyl (C=O) groups excluding carboxylic acids is 1. The minimum Gasteiger partial charge on any atom is -0.331 e. The van der Waals surface area contributed by atoms with Crippen LogP contribution < -0.4 is 0 Å². The molecule has 3 aromatic rings. The van der Waals surface area contributed by atoms with Crippen LogP contribution in [0.1, 0.15) is 28.0 Å². The van der Waals surface area contributed by atoms with Gasteiger partial charge in [-0.25, -0.2) is 9.37 Å². The maximum atomic E-state index is 13.0. The molecule has 1 amide bonds. The van der Waals surface area contributed by atoms with E-state index in [1.54, 1.807) is 23.2 Å². The Labute approximate surface area is 144 Å². The van der Waals surface area contributed by atoms with Crippen LogP contribution in [0.5, 0.6) is 0 Å². The molecule has 0 spiro atoms. The van der Waals surface area contributed by atoms with Crippen molar-refractivity contribution in [3.05, 3.63) is 76.3 Å². The molecule has 4 nitrogen and oxygen atoms in total. The maximum Gasteiger partial charge on any atom is 0.264 e. The van der Waals surface area contributed by atoms with E-state index in [2.05, 4.69) is 4.98 Å². The molecule has 0 aliphatic heterocycles. The summed E-state index contributed by atoms with van der Waals surface area (Å²) in [6.45, 7) is 3.61. The number of rotatable bonds is 6. The summed E-state index contributed by atoms with van der Waals surface area (Å²) in [4.78, 5) is 19.4. The van der Waals surface area contributed by atoms with Gasteiger partial charge in [-0.05, 0) is 36.1 Å². The number of thiophene rings is 1. The molecular formula is C18H18FN3OS. The molecule has 24 heavy (non-hydrogen) atoms. The summed E-state index contributed by atoms with van der Waals surface area (Å²) in [5.41, 5.74) is 0.989. The van der Waals surface area contributed by atoms with Gasteiger partial charge in [0, 0.05) is 25.5 Å². The Morgan fingerprint density at radius 1 is 1.29 bits per heavy atom. The number of nitrogens with zero attached hydrogens (tertiary/aromatic N) is 3. The van der Waals surface area contributed by atoms with Crippen LogP contribution in [0.4, 0.5) is 4.39 Å². The number of carbonyl (C=O) groups is 1. The van der Waals surface area contributed by atoms with E-state index in [4.69, 9.17) is 0 Å². The van der Waals surface area contributed by atoms with E-state index in [0.717, 1.165) is 16.3 Å². The van der Waals surface area contributed by atoms with Gasteiger partial charge in [0.15, 0.2) is 0 Å². The lowest BCUT2D eigenvalue weighted by molar-refractivity contribution is 0.0752. The van der Waals surface area contributed by atoms with Gasteiger partial charge in [0.05, 0.1) is 11.4 Å². The molecule has 0 fully saturated rings. The topological polar surface area (TPSA) is 38.1 Å². The smallest absolute Gasteiger partial charge is 0.264 e. The molecular weight excluding hydrogens is 325 g/mol. The zero-order valence-corrected chi connectivity index (χ0v) is 14.2. The standard InChI is InChI=1S/C18H18FN3OS/c1-2-21(18(23)16-4-3-11-24-16)13-17-20-9-10-22(17)12-14-5-7-15(19)8-6-14/h3-11H,2,12-13H2,1H3. The lowest BCUT2D eigenvalue weighted by atomic mass is 10.2. The molecule has 0 aliphatic rings. The molecule has 0 aliphatic carbocycles. The SMILES string of the molecule is CCN(Cc1nccn1Cc1ccc(F)cc1)C(=O)c1cccs1. The number of amides is 1. The lowest BCUT2D eigenvalue weighted by Crippen LogP contribution is -2.31. The van der Waals surface area contributed by atoms with Crippen LogP contribution in [0.15, 0.2) is 54.2 Å². The van der Waals surface area contributed by atoms with Crippen molar-refractivity contribution in [3.63, 3.8) is 0 Å². The maximum absolute atomic E-state index is 13.0. The quantitative estimate of drug-likeness (QED) is 0.683. The molecule has 0 bridgehead atoms. The Morgan fingerprint density at radius 2 is 2.08 bits per heavy atom. The molecule has 2 aromatic heterocycles. The second-order valence-electron chi connectivity index (χ2n) is 5.39. The van der Waals surface area contributed by atoms with Gasteiger partial charge in [-0.2, -0.15) is 0 Å². The highest BCUT2D eigenvalue weighted by atomic mass is 32.1. The Balaban J connectivity index is 1.74. The van der Waals surface area contributed by atoms with E-state index in [1.807, 2.05) is 35.2 Å². The van der Waals surface area contributed by atoms with Crippen molar-refractivity contribution >= 4 is 17.2 Å². The zero-order chi connectivity index (χ0) is 16.9. The summed E-state index contributed by atoms with van der Waals surface area (Å²) in [5, 5.41) is 1.90. The van der Waals surface area contributed by atoms with Crippen LogP contribution in [-0.4, -0.2) is 26.9 Å². The summed E-state index contributed by atoms with van der Waals surface area (Å²) < 4.78 is 15.0. The third kappa shape index (κ3) is 3.71. The Hall–Kier alpha value is -2.47. The minimum atomic E-state index is -0.247. The highest BCUT2D eigenvalue weighted by Crippen LogP contribution is 2.15. The molecule has 2 heterocycles. The number of hydrogen-bond acceptors (Lipinski definition) is 3. The second kappa shape index (κ2) is 7.40. The number of imidazole rings is 1. The summed E-state index contributed by atoms with van der Waals surface area (Å²) >= 11 is 1.44. The fraction of sp³-hybridized carbons (Fsp3) is 0.222. The van der Waals surface area contributed by atoms with Crippen molar-refractivity contribution in [1.29, 1.82) is 0 Å². The van der Waals surface area contributed by atoms with Crippen LogP contribution in [0, 0.1) is 5.82 Å². The lowest BCUT2D eigenvalue weighted by Gasteiger charge is -2.20. The predicted molar refractivity (Wildman–Crippen MR) is 92.5 cm³/mol. The summed E-state index contributed by atoms with van der Waals surface area (Å²) in [5.74, 6) is 0.582. The van der Waals surface area contributed by atoms with E-state index in [-0.39, 0.29) is 11.7 Å².